The van der Waals surface area contributed by atoms with E-state index in [9.17, 15) is 0 Å². The third kappa shape index (κ3) is 8.01. The summed E-state index contributed by atoms with van der Waals surface area (Å²) in [6.07, 6.45) is 0. The molecule has 0 radical (unpaired) electrons. The summed E-state index contributed by atoms with van der Waals surface area (Å²) in [6.45, 7) is 7.06. The average molecular weight is 1260 g/mol. The number of anilines is 3. The average Bonchev–Trinajstić information content (AvgIpc) is 1.50. The van der Waals surface area contributed by atoms with Crippen molar-refractivity contribution < 1.29 is 8.83 Å². The first-order chi connectivity index (χ1) is 48.8. The third-order valence-electron chi connectivity index (χ3n) is 22.4. The Balaban J connectivity index is 0.895. The predicted octanol–water partition coefficient (Wildman–Crippen LogP) is 25.3. The minimum atomic E-state index is -0.822. The molecule has 0 aliphatic heterocycles. The van der Waals surface area contributed by atoms with Gasteiger partial charge in [0.25, 0.3) is 0 Å². The lowest BCUT2D eigenvalue weighted by Crippen LogP contribution is -2.30. The summed E-state index contributed by atoms with van der Waals surface area (Å²) >= 11 is 0. The maximum atomic E-state index is 7.04. The van der Waals surface area contributed by atoms with Crippen molar-refractivity contribution >= 4 is 60.9 Å². The molecule has 0 saturated carbocycles. The van der Waals surface area contributed by atoms with E-state index in [4.69, 9.17) is 8.83 Å². The van der Waals surface area contributed by atoms with E-state index in [1.54, 1.807) is 0 Å². The summed E-state index contributed by atoms with van der Waals surface area (Å²) in [5.41, 5.74) is 32.4. The lowest BCUT2D eigenvalue weighted by atomic mass is 9.66. The maximum absolute atomic E-state index is 7.04. The molecule has 0 N–H and O–H groups in total. The van der Waals surface area contributed by atoms with Crippen molar-refractivity contribution in [2.75, 3.05) is 4.90 Å². The van der Waals surface area contributed by atoms with Gasteiger partial charge in [-0.3, -0.25) is 0 Å². The summed E-state index contributed by atoms with van der Waals surface area (Å²) in [7, 11) is 0. The van der Waals surface area contributed by atoms with Crippen LogP contribution in [0.2, 0.25) is 0 Å². The molecular formula is C96H65NO2. The highest BCUT2D eigenvalue weighted by Crippen LogP contribution is 2.65. The van der Waals surface area contributed by atoms with Crippen molar-refractivity contribution in [2.24, 2.45) is 0 Å². The van der Waals surface area contributed by atoms with Gasteiger partial charge in [0, 0.05) is 55.0 Å². The number of aryl methyl sites for hydroxylation is 1. The minimum absolute atomic E-state index is 0.436. The number of furan rings is 2. The second-order valence-electron chi connectivity index (χ2n) is 27.7. The smallest absolute Gasteiger partial charge is 0.143 e. The molecule has 3 heteroatoms. The van der Waals surface area contributed by atoms with E-state index in [1.165, 1.54) is 100 Å². The van der Waals surface area contributed by atoms with Crippen molar-refractivity contribution in [2.45, 2.75) is 37.0 Å². The molecular weight excluding hydrogens is 1200 g/mol. The van der Waals surface area contributed by atoms with Crippen molar-refractivity contribution in [3.8, 4) is 66.8 Å². The Bertz CT molecular complexity index is 5990. The molecule has 3 aliphatic rings. The topological polar surface area (TPSA) is 29.5 Å². The number of rotatable bonds is 10. The Kier molecular flexibility index (Phi) is 12.4. The molecule has 466 valence electrons. The zero-order valence-electron chi connectivity index (χ0n) is 55.1. The standard InChI is InChI=1S/C96H65NO2/c1-60-29-22-23-42-69(60)77-58-84-88(91-75-44-25-27-48-86(75)99-93(77)91)73-52-50-67(55-80(73)94(84,2)3)97(92-70(61-30-10-4-11-31-61)45-28-46-71(92)62-32-12-5-13-33-62)68-49-51-72-76-57-83-78(59-82(76)96(81(72)56-68,65-38-18-8-19-39-65)66-40-20-9-21-41-66)89-79(53-54-87-90(89)74-43-24-26-47-85(74)98-87)95(83,63-34-14-6-15-35-63)64-36-16-7-17-37-64/h4-59H,1-3H3. The van der Waals surface area contributed by atoms with Crippen LogP contribution in [0, 0.1) is 6.92 Å². The lowest BCUT2D eigenvalue weighted by Gasteiger charge is -2.36. The van der Waals surface area contributed by atoms with Crippen LogP contribution in [0.4, 0.5) is 17.1 Å². The number of hydrogen-bond donors (Lipinski definition) is 0. The molecule has 17 aromatic rings. The van der Waals surface area contributed by atoms with Gasteiger partial charge in [-0.15, -0.1) is 0 Å². The molecule has 3 nitrogen and oxygen atoms in total. The van der Waals surface area contributed by atoms with E-state index in [-0.39, 0.29) is 0 Å². The van der Waals surface area contributed by atoms with Gasteiger partial charge in [0.15, 0.2) is 0 Å². The fourth-order valence-electron chi connectivity index (χ4n) is 18.1. The quantitative estimate of drug-likeness (QED) is 0.137. The van der Waals surface area contributed by atoms with E-state index in [0.717, 1.165) is 88.8 Å². The van der Waals surface area contributed by atoms with Gasteiger partial charge in [0.05, 0.1) is 16.5 Å². The number of hydrogen-bond acceptors (Lipinski definition) is 3. The molecule has 20 rings (SSSR count). The Morgan fingerprint density at radius 3 is 1.29 bits per heavy atom. The van der Waals surface area contributed by atoms with E-state index >= 15 is 0 Å². The zero-order chi connectivity index (χ0) is 65.7. The molecule has 0 atom stereocenters. The number of benzene rings is 15. The fourth-order valence-corrected chi connectivity index (χ4v) is 18.1. The normalized spacial score (nSPS) is 14.1. The number of nitrogens with zero attached hydrogens (tertiary/aromatic N) is 1. The van der Waals surface area contributed by atoms with Crippen molar-refractivity contribution in [1.29, 1.82) is 0 Å². The fraction of sp³-hybridized carbons (Fsp3) is 0.0625. The van der Waals surface area contributed by atoms with Gasteiger partial charge in [-0.2, -0.15) is 0 Å². The highest BCUT2D eigenvalue weighted by Gasteiger charge is 2.53. The third-order valence-corrected chi connectivity index (χ3v) is 22.4. The Hall–Kier alpha value is -12.3. The SMILES string of the molecule is Cc1ccccc1-c1cc2c(c3c1oc1ccccc13)-c1ccc(N(c3ccc4c(c3)C(c3ccccc3)(c3ccccc3)c3cc5c(cc3-4)C(c3ccccc3)(c3ccccc3)c3ccc4oc6ccccc6c4c3-5)c3c(-c4ccccc4)cccc3-c3ccccc3)cc1C2(C)C. The molecule has 0 saturated heterocycles. The van der Waals surface area contributed by atoms with Crippen molar-refractivity contribution in [3.63, 3.8) is 0 Å². The highest BCUT2D eigenvalue weighted by molar-refractivity contribution is 6.20. The number of fused-ring (bicyclic) bond motifs is 17. The van der Waals surface area contributed by atoms with Crippen LogP contribution in [-0.2, 0) is 16.2 Å². The molecule has 0 unspecified atom stereocenters. The van der Waals surface area contributed by atoms with Gasteiger partial charge in [-0.1, -0.05) is 293 Å². The predicted molar refractivity (Wildman–Crippen MR) is 409 cm³/mol. The monoisotopic (exact) mass is 1260 g/mol. The van der Waals surface area contributed by atoms with Crippen LogP contribution < -0.4 is 4.90 Å². The molecule has 2 aromatic heterocycles. The van der Waals surface area contributed by atoms with Crippen LogP contribution >= 0.6 is 0 Å². The molecule has 0 amide bonds. The van der Waals surface area contributed by atoms with E-state index in [2.05, 4.69) is 365 Å². The summed E-state index contributed by atoms with van der Waals surface area (Å²) in [5.74, 6) is 0. The van der Waals surface area contributed by atoms with Gasteiger partial charge < -0.3 is 13.7 Å². The summed E-state index contributed by atoms with van der Waals surface area (Å²) in [4.78, 5) is 2.60. The van der Waals surface area contributed by atoms with E-state index in [1.807, 2.05) is 0 Å². The molecule has 0 bridgehead atoms. The summed E-state index contributed by atoms with van der Waals surface area (Å²) in [6, 6.07) is 127. The summed E-state index contributed by atoms with van der Waals surface area (Å²) < 4.78 is 13.9. The van der Waals surface area contributed by atoms with Gasteiger partial charge in [-0.05, 0) is 179 Å². The first-order valence-corrected chi connectivity index (χ1v) is 34.5. The Morgan fingerprint density at radius 2 is 0.707 bits per heavy atom. The molecule has 0 spiro atoms. The largest absolute Gasteiger partial charge is 0.456 e. The molecule has 2 heterocycles. The Labute approximate surface area is 575 Å². The van der Waals surface area contributed by atoms with Gasteiger partial charge in [0.2, 0.25) is 0 Å². The van der Waals surface area contributed by atoms with Crippen LogP contribution in [0.5, 0.6) is 0 Å². The molecule has 3 aliphatic carbocycles. The van der Waals surface area contributed by atoms with Crippen molar-refractivity contribution in [3.05, 3.63) is 401 Å². The highest BCUT2D eigenvalue weighted by atomic mass is 16.3. The minimum Gasteiger partial charge on any atom is -0.456 e. The molecule has 99 heavy (non-hydrogen) atoms. The summed E-state index contributed by atoms with van der Waals surface area (Å²) in [5, 5.41) is 4.54. The van der Waals surface area contributed by atoms with Crippen LogP contribution in [0.25, 0.3) is 111 Å². The van der Waals surface area contributed by atoms with Crippen LogP contribution in [0.3, 0.4) is 0 Å². The molecule has 15 aromatic carbocycles. The van der Waals surface area contributed by atoms with Gasteiger partial charge >= 0.3 is 0 Å². The first-order valence-electron chi connectivity index (χ1n) is 34.5. The zero-order valence-corrected chi connectivity index (χ0v) is 55.1. The number of para-hydroxylation sites is 3. The first kappa shape index (κ1) is 57.0. The lowest BCUT2D eigenvalue weighted by molar-refractivity contribution is 0.657. The second-order valence-corrected chi connectivity index (χ2v) is 27.7. The van der Waals surface area contributed by atoms with Crippen molar-refractivity contribution in [1.82, 2.24) is 0 Å². The van der Waals surface area contributed by atoms with Crippen LogP contribution in [-0.4, -0.2) is 0 Å². The Morgan fingerprint density at radius 1 is 0.273 bits per heavy atom. The second kappa shape index (κ2) is 21.6. The van der Waals surface area contributed by atoms with Gasteiger partial charge in [-0.25, -0.2) is 0 Å². The molecule has 0 fully saturated rings. The van der Waals surface area contributed by atoms with Gasteiger partial charge in [0.1, 0.15) is 22.3 Å². The maximum Gasteiger partial charge on any atom is 0.143 e. The van der Waals surface area contributed by atoms with E-state index in [0.29, 0.717) is 0 Å². The van der Waals surface area contributed by atoms with E-state index < -0.39 is 16.2 Å². The van der Waals surface area contributed by atoms with Crippen LogP contribution in [0.15, 0.2) is 349 Å². The van der Waals surface area contributed by atoms with Crippen LogP contribution in [0.1, 0.15) is 75.0 Å².